The highest BCUT2D eigenvalue weighted by atomic mass is 16.5. The van der Waals surface area contributed by atoms with Crippen molar-refractivity contribution in [1.29, 1.82) is 0 Å². The Morgan fingerprint density at radius 2 is 1.66 bits per heavy atom. The van der Waals surface area contributed by atoms with Gasteiger partial charge in [0.2, 0.25) is 5.91 Å². The topological polar surface area (TPSA) is 128 Å². The van der Waals surface area contributed by atoms with Crippen LogP contribution in [-0.2, 0) is 9.53 Å². The van der Waals surface area contributed by atoms with Crippen molar-refractivity contribution in [2.75, 3.05) is 20.2 Å². The zero-order chi connectivity index (χ0) is 32.5. The molecule has 0 saturated carbocycles. The van der Waals surface area contributed by atoms with Crippen molar-refractivity contribution in [3.05, 3.63) is 84.7 Å². The van der Waals surface area contributed by atoms with E-state index in [0.717, 1.165) is 81.9 Å². The summed E-state index contributed by atoms with van der Waals surface area (Å²) in [5.74, 6) is 1.51. The van der Waals surface area contributed by atoms with Gasteiger partial charge in [-0.3, -0.25) is 4.79 Å². The SMILES string of the molecule is COC(=O)NC(C(=O)N1CCCC1c1ncc(-c2c#cc3cc(-c4ccc(-c5cnc(C6CCCN6)[nH]5)cc4)ccc3c2)[nH]1)C(C)C. The van der Waals surface area contributed by atoms with Gasteiger partial charge >= 0.3 is 6.09 Å². The van der Waals surface area contributed by atoms with E-state index in [1.807, 2.05) is 24.9 Å². The Morgan fingerprint density at radius 1 is 0.915 bits per heavy atom. The fourth-order valence-corrected chi connectivity index (χ4v) is 6.70. The van der Waals surface area contributed by atoms with Gasteiger partial charge in [-0.2, -0.15) is 0 Å². The molecule has 3 aromatic carbocycles. The number of nitrogens with one attached hydrogen (secondary N) is 4. The fraction of sp³-hybridized carbons (Fsp3) is 0.351. The molecule has 2 amide bonds. The van der Waals surface area contributed by atoms with Crippen molar-refractivity contribution in [3.8, 4) is 33.6 Å². The predicted octanol–water partition coefficient (Wildman–Crippen LogP) is 6.36. The zero-order valence-corrected chi connectivity index (χ0v) is 26.9. The Kier molecular flexibility index (Phi) is 8.39. The van der Waals surface area contributed by atoms with Gasteiger partial charge in [-0.1, -0.05) is 62.4 Å². The van der Waals surface area contributed by atoms with Gasteiger partial charge < -0.3 is 30.2 Å². The first kappa shape index (κ1) is 30.5. The van der Waals surface area contributed by atoms with Crippen LogP contribution in [0.5, 0.6) is 0 Å². The zero-order valence-electron chi connectivity index (χ0n) is 26.9. The number of carbonyl (C=O) groups is 2. The van der Waals surface area contributed by atoms with E-state index in [4.69, 9.17) is 4.74 Å². The number of benzene rings is 2. The van der Waals surface area contributed by atoms with Crippen LogP contribution in [0.4, 0.5) is 4.79 Å². The van der Waals surface area contributed by atoms with Gasteiger partial charge in [-0.05, 0) is 72.4 Å². The molecule has 2 saturated heterocycles. The average molecular weight is 630 g/mol. The summed E-state index contributed by atoms with van der Waals surface area (Å²) in [5.41, 5.74) is 6.04. The molecular formula is C37H39N7O3. The number of imidazole rings is 2. The second kappa shape index (κ2) is 12.9. The summed E-state index contributed by atoms with van der Waals surface area (Å²) < 4.78 is 4.75. The second-order valence-electron chi connectivity index (χ2n) is 12.7. The third-order valence-electron chi connectivity index (χ3n) is 9.33. The quantitative estimate of drug-likeness (QED) is 0.158. The lowest BCUT2D eigenvalue weighted by atomic mass is 9.99. The minimum atomic E-state index is -0.674. The molecule has 2 aliphatic heterocycles. The number of amides is 2. The van der Waals surface area contributed by atoms with E-state index in [9.17, 15) is 9.59 Å². The third-order valence-corrected chi connectivity index (χ3v) is 9.33. The molecule has 0 radical (unpaired) electrons. The Morgan fingerprint density at radius 3 is 2.43 bits per heavy atom. The van der Waals surface area contributed by atoms with Gasteiger partial charge in [0.05, 0.1) is 48.5 Å². The van der Waals surface area contributed by atoms with E-state index < -0.39 is 12.1 Å². The summed E-state index contributed by atoms with van der Waals surface area (Å²) in [5, 5.41) is 8.22. The Balaban J connectivity index is 1.06. The molecule has 10 nitrogen and oxygen atoms in total. The van der Waals surface area contributed by atoms with Crippen LogP contribution in [0.2, 0.25) is 0 Å². The summed E-state index contributed by atoms with van der Waals surface area (Å²) >= 11 is 0. The van der Waals surface area contributed by atoms with Crippen LogP contribution >= 0.6 is 0 Å². The molecule has 240 valence electrons. The number of carbonyl (C=O) groups excluding carboxylic acids is 2. The van der Waals surface area contributed by atoms with Gasteiger partial charge in [-0.15, -0.1) is 0 Å². The van der Waals surface area contributed by atoms with Gasteiger partial charge in [0.1, 0.15) is 17.7 Å². The molecule has 2 aromatic heterocycles. The molecular weight excluding hydrogens is 590 g/mol. The van der Waals surface area contributed by atoms with E-state index >= 15 is 0 Å². The number of H-pyrrole nitrogens is 2. The molecule has 0 aliphatic carbocycles. The van der Waals surface area contributed by atoms with Gasteiger partial charge in [0, 0.05) is 11.9 Å². The standard InChI is InChI=1S/C37H39N7O3/c1-22(2)33(43-37(46)47-3)36(45)44-17-5-7-32(44)35-40-21-31(42-35)28-15-14-26-18-25(12-13-27(26)19-28)23-8-10-24(11-9-23)30-20-39-34(41-30)29-6-4-16-38-29/h8-13,18-22,29,32-33,38H,4-7,16-17H2,1-3H3,(H,39,41)(H,40,42)(H,43,46). The van der Waals surface area contributed by atoms with Crippen LogP contribution < -0.4 is 10.6 Å². The van der Waals surface area contributed by atoms with E-state index in [1.54, 1.807) is 6.20 Å². The molecule has 4 N–H and O–H groups in total. The first-order chi connectivity index (χ1) is 22.9. The number of ether oxygens (including phenoxy) is 1. The number of hydrogen-bond acceptors (Lipinski definition) is 6. The molecule has 7 rings (SSSR count). The lowest BCUT2D eigenvalue weighted by molar-refractivity contribution is -0.135. The summed E-state index contributed by atoms with van der Waals surface area (Å²) in [4.78, 5) is 43.4. The Bertz CT molecular complexity index is 1890. The molecule has 0 bridgehead atoms. The number of alkyl carbamates (subject to hydrolysis) is 1. The van der Waals surface area contributed by atoms with Crippen LogP contribution in [0, 0.1) is 18.1 Å². The van der Waals surface area contributed by atoms with Crippen molar-refractivity contribution < 1.29 is 14.3 Å². The highest BCUT2D eigenvalue weighted by Crippen LogP contribution is 2.33. The highest BCUT2D eigenvalue weighted by molar-refractivity contribution is 5.89. The summed E-state index contributed by atoms with van der Waals surface area (Å²) in [6, 6.07) is 23.1. The molecule has 3 unspecified atom stereocenters. The van der Waals surface area contributed by atoms with Crippen LogP contribution in [0.25, 0.3) is 44.4 Å². The number of rotatable bonds is 8. The third kappa shape index (κ3) is 6.19. The van der Waals surface area contributed by atoms with Crippen molar-refractivity contribution >= 4 is 22.8 Å². The fourth-order valence-electron chi connectivity index (χ4n) is 6.70. The Hall–Kier alpha value is -5.14. The maximum absolute atomic E-state index is 13.5. The second-order valence-corrected chi connectivity index (χ2v) is 12.7. The number of methoxy groups -OCH3 is 1. The largest absolute Gasteiger partial charge is 0.453 e. The van der Waals surface area contributed by atoms with Crippen LogP contribution in [-0.4, -0.2) is 63.1 Å². The van der Waals surface area contributed by atoms with Crippen LogP contribution in [0.1, 0.15) is 63.3 Å². The molecule has 3 atom stereocenters. The van der Waals surface area contributed by atoms with Crippen molar-refractivity contribution in [3.63, 3.8) is 0 Å². The molecule has 10 heteroatoms. The molecule has 2 aliphatic rings. The predicted molar refractivity (Wildman–Crippen MR) is 180 cm³/mol. The van der Waals surface area contributed by atoms with Gasteiger partial charge in [0.15, 0.2) is 0 Å². The van der Waals surface area contributed by atoms with E-state index in [1.165, 1.54) is 13.5 Å². The lowest BCUT2D eigenvalue weighted by Gasteiger charge is -2.30. The highest BCUT2D eigenvalue weighted by Gasteiger charge is 2.37. The van der Waals surface area contributed by atoms with Gasteiger partial charge in [-0.25, -0.2) is 14.8 Å². The minimum absolute atomic E-state index is 0.0907. The van der Waals surface area contributed by atoms with E-state index in [2.05, 4.69) is 91.2 Å². The summed E-state index contributed by atoms with van der Waals surface area (Å²) in [6.07, 6.45) is 7.05. The number of fused-ring (bicyclic) bond motifs is 1. The van der Waals surface area contributed by atoms with E-state index in [0.29, 0.717) is 12.6 Å². The average Bonchev–Trinajstić information content (AvgIpc) is 3.93. The summed E-state index contributed by atoms with van der Waals surface area (Å²) in [6.45, 7) is 5.47. The van der Waals surface area contributed by atoms with Crippen LogP contribution in [0.15, 0.2) is 60.9 Å². The molecule has 47 heavy (non-hydrogen) atoms. The normalized spacial score (nSPS) is 18.4. The first-order valence-corrected chi connectivity index (χ1v) is 16.3. The monoisotopic (exact) mass is 629 g/mol. The minimum Gasteiger partial charge on any atom is -0.453 e. The molecule has 2 fully saturated rings. The number of hydrogen-bond donors (Lipinski definition) is 4. The number of aromatic nitrogens is 4. The van der Waals surface area contributed by atoms with E-state index in [-0.39, 0.29) is 17.9 Å². The number of likely N-dealkylation sites (tertiary alicyclic amines) is 1. The summed E-state index contributed by atoms with van der Waals surface area (Å²) in [7, 11) is 1.30. The molecule has 0 spiro atoms. The first-order valence-electron chi connectivity index (χ1n) is 16.3. The van der Waals surface area contributed by atoms with Crippen LogP contribution in [0.3, 0.4) is 0 Å². The Labute approximate surface area is 274 Å². The number of aromatic amines is 2. The lowest BCUT2D eigenvalue weighted by Crippen LogP contribution is -2.51. The maximum atomic E-state index is 13.5. The van der Waals surface area contributed by atoms with Crippen molar-refractivity contribution in [2.45, 2.75) is 57.7 Å². The van der Waals surface area contributed by atoms with Crippen molar-refractivity contribution in [1.82, 2.24) is 35.5 Å². The smallest absolute Gasteiger partial charge is 0.407 e. The molecule has 4 heterocycles. The van der Waals surface area contributed by atoms with Gasteiger partial charge in [0.25, 0.3) is 0 Å². The maximum Gasteiger partial charge on any atom is 0.407 e. The number of nitrogens with zero attached hydrogens (tertiary/aromatic N) is 3. The van der Waals surface area contributed by atoms with Crippen molar-refractivity contribution in [2.24, 2.45) is 5.92 Å². The molecule has 5 aromatic rings.